The molecule has 1 aliphatic rings. The van der Waals surface area contributed by atoms with Crippen molar-refractivity contribution < 1.29 is 0 Å². The van der Waals surface area contributed by atoms with Crippen LogP contribution in [0, 0.1) is 0 Å². The second kappa shape index (κ2) is 30.2. The molecule has 0 fully saturated rings. The van der Waals surface area contributed by atoms with Crippen molar-refractivity contribution in [1.82, 2.24) is 0 Å². The molecule has 0 bridgehead atoms. The van der Waals surface area contributed by atoms with E-state index >= 15 is 0 Å². The zero-order valence-electron chi connectivity index (χ0n) is 30.7. The van der Waals surface area contributed by atoms with Crippen LogP contribution < -0.4 is 10.7 Å². The van der Waals surface area contributed by atoms with Crippen LogP contribution in [0.4, 0.5) is 0 Å². The first-order valence-electron chi connectivity index (χ1n) is 20.9. The van der Waals surface area contributed by atoms with E-state index in [0.29, 0.717) is 0 Å². The van der Waals surface area contributed by atoms with Crippen molar-refractivity contribution >= 4 is 0 Å². The highest BCUT2D eigenvalue weighted by molar-refractivity contribution is 5.16. The van der Waals surface area contributed by atoms with E-state index in [-0.39, 0.29) is 6.17 Å². The fourth-order valence-electron chi connectivity index (χ4n) is 7.17. The lowest BCUT2D eigenvalue weighted by Gasteiger charge is -2.05. The first kappa shape index (κ1) is 40.0. The Morgan fingerprint density at radius 1 is 0.378 bits per heavy atom. The molecule has 0 aliphatic carbocycles. The third-order valence-corrected chi connectivity index (χ3v) is 10.3. The van der Waals surface area contributed by atoms with Gasteiger partial charge in [-0.05, 0) is 43.4 Å². The SMILES string of the molecule is CCCCCCCCCCCCCCCCCCc1ccc2c(c1)=NC(CCCCCCCCCCCCCCCCCC)N=2. The van der Waals surface area contributed by atoms with Gasteiger partial charge in [0.2, 0.25) is 0 Å². The average molecular weight is 623 g/mol. The molecule has 45 heavy (non-hydrogen) atoms. The third-order valence-electron chi connectivity index (χ3n) is 10.3. The fourth-order valence-corrected chi connectivity index (χ4v) is 7.17. The summed E-state index contributed by atoms with van der Waals surface area (Å²) in [6.07, 6.45) is 48.2. The van der Waals surface area contributed by atoms with Crippen molar-refractivity contribution in [3.8, 4) is 0 Å². The van der Waals surface area contributed by atoms with Crippen LogP contribution in [0.25, 0.3) is 0 Å². The van der Waals surface area contributed by atoms with Gasteiger partial charge in [-0.2, -0.15) is 0 Å². The lowest BCUT2D eigenvalue weighted by Crippen LogP contribution is -2.21. The molecule has 2 nitrogen and oxygen atoms in total. The van der Waals surface area contributed by atoms with E-state index in [1.807, 2.05) is 0 Å². The van der Waals surface area contributed by atoms with Crippen molar-refractivity contribution in [2.75, 3.05) is 0 Å². The number of rotatable bonds is 34. The quantitative estimate of drug-likeness (QED) is 0.0683. The molecule has 2 heteroatoms. The van der Waals surface area contributed by atoms with Crippen molar-refractivity contribution in [3.05, 3.63) is 34.5 Å². The van der Waals surface area contributed by atoms with Crippen LogP contribution in [0.15, 0.2) is 28.2 Å². The number of nitrogens with zero attached hydrogens (tertiary/aromatic N) is 2. The average Bonchev–Trinajstić information content (AvgIpc) is 3.46. The smallest absolute Gasteiger partial charge is 0.141 e. The van der Waals surface area contributed by atoms with Gasteiger partial charge in [0.05, 0.1) is 10.7 Å². The summed E-state index contributed by atoms with van der Waals surface area (Å²) >= 11 is 0. The molecule has 1 aromatic rings. The Kier molecular flexibility index (Phi) is 26.8. The molecule has 1 unspecified atom stereocenters. The monoisotopic (exact) mass is 623 g/mol. The highest BCUT2D eigenvalue weighted by Gasteiger charge is 2.10. The molecule has 0 radical (unpaired) electrons. The molecule has 0 saturated heterocycles. The van der Waals surface area contributed by atoms with Gasteiger partial charge in [-0.25, -0.2) is 0 Å². The van der Waals surface area contributed by atoms with Crippen molar-refractivity contribution in [3.63, 3.8) is 0 Å². The first-order chi connectivity index (χ1) is 22.3. The molecule has 1 aromatic carbocycles. The van der Waals surface area contributed by atoms with Crippen molar-refractivity contribution in [2.24, 2.45) is 9.98 Å². The van der Waals surface area contributed by atoms with Crippen LogP contribution in [-0.2, 0) is 6.42 Å². The van der Waals surface area contributed by atoms with Crippen molar-refractivity contribution in [1.29, 1.82) is 0 Å². The number of benzene rings is 1. The van der Waals surface area contributed by atoms with Crippen LogP contribution in [-0.4, -0.2) is 6.17 Å². The topological polar surface area (TPSA) is 24.7 Å². The molecular weight excluding hydrogens is 544 g/mol. The van der Waals surface area contributed by atoms with E-state index in [0.717, 1.165) is 17.1 Å². The van der Waals surface area contributed by atoms with Gasteiger partial charge in [-0.1, -0.05) is 213 Å². The predicted octanol–water partition coefficient (Wildman–Crippen LogP) is 13.7. The van der Waals surface area contributed by atoms with Crippen LogP contribution in [0.5, 0.6) is 0 Å². The second-order valence-corrected chi connectivity index (χ2v) is 14.7. The van der Waals surface area contributed by atoms with Crippen LogP contribution in [0.2, 0.25) is 0 Å². The molecule has 0 N–H and O–H groups in total. The zero-order chi connectivity index (χ0) is 31.9. The van der Waals surface area contributed by atoms with E-state index < -0.39 is 0 Å². The maximum absolute atomic E-state index is 4.98. The lowest BCUT2D eigenvalue weighted by molar-refractivity contribution is 0.517. The Hall–Kier alpha value is -1.18. The highest BCUT2D eigenvalue weighted by atomic mass is 15.0. The van der Waals surface area contributed by atoms with Crippen LogP contribution in [0.3, 0.4) is 0 Å². The number of fused-ring (bicyclic) bond motifs is 1. The number of hydrogen-bond donors (Lipinski definition) is 0. The van der Waals surface area contributed by atoms with Gasteiger partial charge < -0.3 is 0 Å². The highest BCUT2D eigenvalue weighted by Crippen LogP contribution is 2.17. The standard InChI is InChI=1S/C43H78N2/c1-3-5-7-9-11-13-15-17-19-21-23-25-27-29-31-33-35-40-37-38-41-42(39-40)45-43(44-41)36-34-32-30-28-26-24-22-20-18-16-14-12-10-8-6-4-2/h37-39,43H,3-36H2,1-2H3. The fraction of sp³-hybridized carbons (Fsp3) is 0.860. The Bertz CT molecular complexity index is 890. The lowest BCUT2D eigenvalue weighted by atomic mass is 10.0. The van der Waals surface area contributed by atoms with Gasteiger partial charge in [0.15, 0.2) is 0 Å². The Labute approximate surface area is 282 Å². The van der Waals surface area contributed by atoms with Gasteiger partial charge in [0.1, 0.15) is 6.17 Å². The summed E-state index contributed by atoms with van der Waals surface area (Å²) in [5.41, 5.74) is 1.46. The molecule has 0 spiro atoms. The minimum absolute atomic E-state index is 0.178. The summed E-state index contributed by atoms with van der Waals surface area (Å²) in [5.74, 6) is 0. The molecule has 2 rings (SSSR count). The minimum atomic E-state index is 0.178. The largest absolute Gasteiger partial charge is 0.256 e. The molecule has 1 atom stereocenters. The summed E-state index contributed by atoms with van der Waals surface area (Å²) in [4.78, 5) is 9.89. The Morgan fingerprint density at radius 3 is 1.11 bits per heavy atom. The van der Waals surface area contributed by atoms with Gasteiger partial charge in [-0.15, -0.1) is 0 Å². The van der Waals surface area contributed by atoms with E-state index in [1.54, 1.807) is 0 Å². The van der Waals surface area contributed by atoms with Crippen LogP contribution in [0.1, 0.15) is 231 Å². The Morgan fingerprint density at radius 2 is 0.711 bits per heavy atom. The molecular formula is C43H78N2. The maximum Gasteiger partial charge on any atom is 0.141 e. The van der Waals surface area contributed by atoms with E-state index in [1.165, 1.54) is 217 Å². The third kappa shape index (κ3) is 22.9. The van der Waals surface area contributed by atoms with E-state index in [4.69, 9.17) is 9.98 Å². The van der Waals surface area contributed by atoms with Gasteiger partial charge in [0, 0.05) is 0 Å². The predicted molar refractivity (Wildman–Crippen MR) is 200 cm³/mol. The second-order valence-electron chi connectivity index (χ2n) is 14.7. The molecule has 0 amide bonds. The molecule has 1 heterocycles. The maximum atomic E-state index is 4.98. The zero-order valence-corrected chi connectivity index (χ0v) is 30.7. The summed E-state index contributed by atoms with van der Waals surface area (Å²) in [7, 11) is 0. The normalized spacial score (nSPS) is 14.0. The summed E-state index contributed by atoms with van der Waals surface area (Å²) < 4.78 is 0. The summed E-state index contributed by atoms with van der Waals surface area (Å²) in [6, 6.07) is 6.87. The van der Waals surface area contributed by atoms with E-state index in [2.05, 4.69) is 32.0 Å². The molecule has 260 valence electrons. The first-order valence-corrected chi connectivity index (χ1v) is 20.9. The Balaban J connectivity index is 1.36. The minimum Gasteiger partial charge on any atom is -0.256 e. The number of aryl methyl sites for hydroxylation is 1. The van der Waals surface area contributed by atoms with E-state index in [9.17, 15) is 0 Å². The molecule has 1 aliphatic heterocycles. The number of unbranched alkanes of at least 4 members (excludes halogenated alkanes) is 30. The van der Waals surface area contributed by atoms with Crippen LogP contribution >= 0.6 is 0 Å². The molecule has 0 saturated carbocycles. The van der Waals surface area contributed by atoms with Crippen molar-refractivity contribution in [2.45, 2.75) is 238 Å². The summed E-state index contributed by atoms with van der Waals surface area (Å²) in [6.45, 7) is 4.61. The van der Waals surface area contributed by atoms with Gasteiger partial charge >= 0.3 is 0 Å². The summed E-state index contributed by atoms with van der Waals surface area (Å²) in [5, 5.41) is 2.29. The number of hydrogen-bond acceptors (Lipinski definition) is 2. The van der Waals surface area contributed by atoms with Gasteiger partial charge in [0.25, 0.3) is 0 Å². The molecule has 0 aromatic heterocycles. The van der Waals surface area contributed by atoms with Gasteiger partial charge in [-0.3, -0.25) is 9.98 Å².